The molecule has 0 saturated carbocycles. The molecule has 2 aromatic carbocycles. The minimum absolute atomic E-state index is 0.0541. The van der Waals surface area contributed by atoms with E-state index in [9.17, 15) is 4.39 Å². The largest absolute Gasteiger partial charge is 0.497 e. The minimum Gasteiger partial charge on any atom is -0.497 e. The molecule has 242 valence electrons. The topological polar surface area (TPSA) is 59.2 Å². The molecule has 3 unspecified atom stereocenters. The van der Waals surface area contributed by atoms with Gasteiger partial charge in [-0.05, 0) is 67.3 Å². The smallest absolute Gasteiger partial charge is 0.144 e. The van der Waals surface area contributed by atoms with Gasteiger partial charge in [0.25, 0.3) is 0 Å². The van der Waals surface area contributed by atoms with E-state index in [-0.39, 0.29) is 28.3 Å². The number of nitrogens with zero attached hydrogens (tertiary/aromatic N) is 1. The molecule has 0 bridgehead atoms. The van der Waals surface area contributed by atoms with Crippen molar-refractivity contribution in [1.29, 1.82) is 0 Å². The lowest BCUT2D eigenvalue weighted by atomic mass is 9.81. The van der Waals surface area contributed by atoms with Crippen LogP contribution < -0.4 is 14.8 Å². The van der Waals surface area contributed by atoms with E-state index in [1.807, 2.05) is 32.1 Å². The second-order valence-electron chi connectivity index (χ2n) is 11.7. The summed E-state index contributed by atoms with van der Waals surface area (Å²) >= 11 is 6.19. The molecular formula is C38H42ClF2N3O2. The first-order chi connectivity index (χ1) is 22.2. The van der Waals surface area contributed by atoms with E-state index in [0.717, 1.165) is 63.8 Å². The summed E-state index contributed by atoms with van der Waals surface area (Å²) in [5.74, 6) is 0.292. The molecule has 2 aromatic heterocycles. The lowest BCUT2D eigenvalue weighted by Gasteiger charge is -2.29. The van der Waals surface area contributed by atoms with Crippen molar-refractivity contribution in [3.8, 4) is 22.8 Å². The van der Waals surface area contributed by atoms with Gasteiger partial charge in [0.1, 0.15) is 23.1 Å². The first-order valence-electron chi connectivity index (χ1n) is 15.9. The van der Waals surface area contributed by atoms with Crippen molar-refractivity contribution in [3.05, 3.63) is 106 Å². The van der Waals surface area contributed by atoms with Gasteiger partial charge >= 0.3 is 0 Å². The number of aromatic nitrogens is 2. The third-order valence-electron chi connectivity index (χ3n) is 9.07. The van der Waals surface area contributed by atoms with E-state index >= 15 is 4.39 Å². The summed E-state index contributed by atoms with van der Waals surface area (Å²) in [4.78, 5) is 8.69. The highest BCUT2D eigenvalue weighted by Crippen LogP contribution is 2.39. The summed E-state index contributed by atoms with van der Waals surface area (Å²) in [7, 11) is 3.29. The molecule has 2 N–H and O–H groups in total. The van der Waals surface area contributed by atoms with Gasteiger partial charge in [-0.25, -0.2) is 8.78 Å². The van der Waals surface area contributed by atoms with Crippen molar-refractivity contribution in [3.63, 3.8) is 0 Å². The van der Waals surface area contributed by atoms with E-state index in [1.54, 1.807) is 14.2 Å². The zero-order valence-electron chi connectivity index (χ0n) is 27.3. The van der Waals surface area contributed by atoms with Gasteiger partial charge in [0, 0.05) is 47.3 Å². The molecule has 1 aliphatic carbocycles. The Morgan fingerprint density at radius 2 is 1.89 bits per heavy atom. The van der Waals surface area contributed by atoms with Crippen molar-refractivity contribution in [1.82, 2.24) is 15.3 Å². The summed E-state index contributed by atoms with van der Waals surface area (Å²) in [5, 5.41) is 4.53. The number of rotatable bonds is 12. The van der Waals surface area contributed by atoms with Gasteiger partial charge in [-0.2, -0.15) is 0 Å². The fourth-order valence-electron chi connectivity index (χ4n) is 6.32. The van der Waals surface area contributed by atoms with Gasteiger partial charge in [-0.1, -0.05) is 62.8 Å². The summed E-state index contributed by atoms with van der Waals surface area (Å²) in [6, 6.07) is 10.3. The predicted octanol–water partition coefficient (Wildman–Crippen LogP) is 10.1. The van der Waals surface area contributed by atoms with E-state index < -0.39 is 11.6 Å². The zero-order chi connectivity index (χ0) is 33.0. The molecule has 2 heterocycles. The van der Waals surface area contributed by atoms with E-state index in [4.69, 9.17) is 26.1 Å². The highest BCUT2D eigenvalue weighted by atomic mass is 35.5. The molecule has 1 aliphatic rings. The molecular weight excluding hydrogens is 604 g/mol. The van der Waals surface area contributed by atoms with Crippen molar-refractivity contribution in [2.24, 2.45) is 5.92 Å². The Morgan fingerprint density at radius 3 is 2.54 bits per heavy atom. The van der Waals surface area contributed by atoms with Crippen LogP contribution in [-0.2, 0) is 6.42 Å². The van der Waals surface area contributed by atoms with Crippen LogP contribution in [0.15, 0.2) is 66.8 Å². The highest BCUT2D eigenvalue weighted by Gasteiger charge is 2.28. The molecule has 4 aromatic rings. The zero-order valence-corrected chi connectivity index (χ0v) is 28.1. The van der Waals surface area contributed by atoms with Crippen LogP contribution in [0.4, 0.5) is 8.78 Å². The van der Waals surface area contributed by atoms with Crippen LogP contribution in [0.2, 0.25) is 5.02 Å². The van der Waals surface area contributed by atoms with Crippen molar-refractivity contribution < 1.29 is 18.3 Å². The molecule has 5 rings (SSSR count). The van der Waals surface area contributed by atoms with Crippen LogP contribution in [0, 0.1) is 17.6 Å². The summed E-state index contributed by atoms with van der Waals surface area (Å²) in [5.41, 5.74) is 6.45. The Kier molecular flexibility index (Phi) is 10.5. The number of pyridine rings is 1. The molecule has 0 spiro atoms. The minimum atomic E-state index is -0.785. The van der Waals surface area contributed by atoms with Crippen molar-refractivity contribution >= 4 is 28.2 Å². The lowest BCUT2D eigenvalue weighted by molar-refractivity contribution is 0.398. The SMILES string of the molecule is C/C=C(/NCC(c1cc(C(C)CC)c(CC)c(-c2cc(Cl)c(F)cc2F)n1)C1C=CC=CC1)c1cc2c(OC)cc(OC)cc2[nH]1. The molecule has 5 nitrogen and oxygen atoms in total. The van der Waals surface area contributed by atoms with Crippen molar-refractivity contribution in [2.45, 2.75) is 58.8 Å². The number of methoxy groups -OCH3 is 2. The van der Waals surface area contributed by atoms with Crippen LogP contribution in [0.3, 0.4) is 0 Å². The predicted molar refractivity (Wildman–Crippen MR) is 185 cm³/mol. The quantitative estimate of drug-likeness (QED) is 0.151. The van der Waals surface area contributed by atoms with Gasteiger partial charge in [0.05, 0.1) is 41.8 Å². The van der Waals surface area contributed by atoms with Crippen LogP contribution in [0.25, 0.3) is 27.9 Å². The average Bonchev–Trinajstić information content (AvgIpc) is 3.51. The molecule has 0 amide bonds. The fraction of sp³-hybridized carbons (Fsp3) is 0.342. The molecule has 3 atom stereocenters. The Labute approximate surface area is 275 Å². The number of aromatic amines is 1. The molecule has 0 radical (unpaired) electrons. The van der Waals surface area contributed by atoms with E-state index in [2.05, 4.69) is 60.6 Å². The number of allylic oxidation sites excluding steroid dienone is 5. The molecule has 0 fully saturated rings. The number of H-pyrrole nitrogens is 1. The number of benzene rings is 2. The summed E-state index contributed by atoms with van der Waals surface area (Å²) in [6.45, 7) is 8.95. The van der Waals surface area contributed by atoms with Crippen LogP contribution >= 0.6 is 11.6 Å². The molecule has 0 saturated heterocycles. The number of fused-ring (bicyclic) bond motifs is 1. The monoisotopic (exact) mass is 645 g/mol. The highest BCUT2D eigenvalue weighted by molar-refractivity contribution is 6.31. The Morgan fingerprint density at radius 1 is 1.09 bits per heavy atom. The maximum absolute atomic E-state index is 15.4. The lowest BCUT2D eigenvalue weighted by Crippen LogP contribution is -2.27. The van der Waals surface area contributed by atoms with Gasteiger partial charge < -0.3 is 19.8 Å². The Balaban J connectivity index is 1.59. The number of hydrogen-bond acceptors (Lipinski definition) is 4. The second kappa shape index (κ2) is 14.5. The molecule has 8 heteroatoms. The summed E-state index contributed by atoms with van der Waals surface area (Å²) in [6.07, 6.45) is 13.0. The third kappa shape index (κ3) is 6.70. The molecule has 0 aliphatic heterocycles. The van der Waals surface area contributed by atoms with E-state index in [0.29, 0.717) is 24.4 Å². The first-order valence-corrected chi connectivity index (χ1v) is 16.3. The summed E-state index contributed by atoms with van der Waals surface area (Å²) < 4.78 is 40.8. The number of halogens is 3. The van der Waals surface area contributed by atoms with Gasteiger partial charge in [-0.15, -0.1) is 0 Å². The first kappa shape index (κ1) is 33.3. The van der Waals surface area contributed by atoms with Crippen LogP contribution in [0.1, 0.15) is 74.9 Å². The van der Waals surface area contributed by atoms with Gasteiger partial charge in [0.15, 0.2) is 0 Å². The van der Waals surface area contributed by atoms with Crippen LogP contribution in [-0.4, -0.2) is 30.7 Å². The Hall–Kier alpha value is -4.10. The third-order valence-corrected chi connectivity index (χ3v) is 9.36. The number of hydrogen-bond donors (Lipinski definition) is 2. The number of ether oxygens (including phenoxy) is 2. The van der Waals surface area contributed by atoms with Crippen LogP contribution in [0.5, 0.6) is 11.5 Å². The fourth-order valence-corrected chi connectivity index (χ4v) is 6.48. The Bertz CT molecular complexity index is 1810. The maximum Gasteiger partial charge on any atom is 0.144 e. The standard InChI is InChI=1S/C38H42ClF2N3O2/c1-7-22(4)26-18-35(44-38(25(26)8-2)27-17-30(39)32(41)20-31(27)40)29(23-13-11-10-12-14-23)21-42-33(9-3)36-19-28-34(43-36)15-24(45-5)16-37(28)46-6/h9-13,15-20,22-23,29,42-43H,7-8,14,21H2,1-6H3/b33-9+. The maximum atomic E-state index is 15.4. The van der Waals surface area contributed by atoms with Gasteiger partial charge in [-0.3, -0.25) is 4.98 Å². The average molecular weight is 646 g/mol. The normalized spacial score (nSPS) is 16.1. The molecule has 46 heavy (non-hydrogen) atoms. The number of nitrogens with one attached hydrogen (secondary N) is 2. The van der Waals surface area contributed by atoms with Crippen molar-refractivity contribution in [2.75, 3.05) is 20.8 Å². The van der Waals surface area contributed by atoms with Gasteiger partial charge in [0.2, 0.25) is 0 Å². The van der Waals surface area contributed by atoms with E-state index in [1.165, 1.54) is 6.07 Å². The second-order valence-corrected chi connectivity index (χ2v) is 12.2.